The third-order valence-electron chi connectivity index (χ3n) is 3.25. The summed E-state index contributed by atoms with van der Waals surface area (Å²) in [5.41, 5.74) is 0.836. The Morgan fingerprint density at radius 2 is 1.70 bits per heavy atom. The maximum absolute atomic E-state index is 12.1. The molecule has 2 aromatic carbocycles. The molecular formula is C17H18O6. The maximum Gasteiger partial charge on any atom is 0.174 e. The van der Waals surface area contributed by atoms with E-state index in [1.807, 2.05) is 0 Å². The van der Waals surface area contributed by atoms with E-state index in [2.05, 4.69) is 0 Å². The van der Waals surface area contributed by atoms with Gasteiger partial charge in [-0.3, -0.25) is 4.79 Å². The smallest absolute Gasteiger partial charge is 0.174 e. The number of rotatable bonds is 1. The molecule has 0 saturated heterocycles. The second-order valence-corrected chi connectivity index (χ2v) is 4.98. The number of carbonyl (C=O) groups is 1. The van der Waals surface area contributed by atoms with Crippen LogP contribution < -0.4 is 4.74 Å². The van der Waals surface area contributed by atoms with E-state index in [-0.39, 0.29) is 47.4 Å². The molecule has 0 saturated carbocycles. The second kappa shape index (κ2) is 7.02. The van der Waals surface area contributed by atoms with Crippen molar-refractivity contribution in [1.29, 1.82) is 0 Å². The predicted octanol–water partition coefficient (Wildman–Crippen LogP) is 2.51. The summed E-state index contributed by atoms with van der Waals surface area (Å²) in [6.45, 7) is 1.93. The van der Waals surface area contributed by atoms with Crippen molar-refractivity contribution >= 4 is 5.78 Å². The minimum Gasteiger partial charge on any atom is -0.508 e. The highest BCUT2D eigenvalue weighted by Gasteiger charge is 2.30. The van der Waals surface area contributed by atoms with Crippen molar-refractivity contribution in [2.24, 2.45) is 0 Å². The highest BCUT2D eigenvalue weighted by atomic mass is 16.5. The van der Waals surface area contributed by atoms with Gasteiger partial charge in [-0.15, -0.1) is 0 Å². The number of ketones is 1. The molecule has 6 nitrogen and oxygen atoms in total. The zero-order valence-corrected chi connectivity index (χ0v) is 12.6. The first-order valence-electron chi connectivity index (χ1n) is 7.11. The van der Waals surface area contributed by atoms with Crippen LogP contribution in [0, 0.1) is 0 Å². The van der Waals surface area contributed by atoms with Gasteiger partial charge in [0.15, 0.2) is 5.78 Å². The lowest BCUT2D eigenvalue weighted by molar-refractivity contribution is 0.0845. The standard InChI is InChI=1S/C15H12O5.C2H6O/c16-9-3-1-8(2-4-9)13-7-12(19)15-11(18)5-10(17)6-14(15)20-13;1-2-3/h1-6,13,16-18H,7H2;3H,2H2,1H3/t13-;/m0./s1. The summed E-state index contributed by atoms with van der Waals surface area (Å²) in [7, 11) is 0. The van der Waals surface area contributed by atoms with Crippen LogP contribution in [0.4, 0.5) is 0 Å². The van der Waals surface area contributed by atoms with Gasteiger partial charge in [0, 0.05) is 18.7 Å². The number of carbonyl (C=O) groups excluding carboxylic acids is 1. The molecule has 3 rings (SSSR count). The molecule has 0 fully saturated rings. The Balaban J connectivity index is 0.000000595. The van der Waals surface area contributed by atoms with E-state index in [0.717, 1.165) is 11.6 Å². The fourth-order valence-corrected chi connectivity index (χ4v) is 2.30. The van der Waals surface area contributed by atoms with Crippen LogP contribution in [0.15, 0.2) is 36.4 Å². The summed E-state index contributed by atoms with van der Waals surface area (Å²) in [5.74, 6) is -0.403. The summed E-state index contributed by atoms with van der Waals surface area (Å²) in [6.07, 6.45) is -0.410. The number of hydrogen-bond acceptors (Lipinski definition) is 6. The van der Waals surface area contributed by atoms with Crippen LogP contribution in [-0.2, 0) is 0 Å². The molecule has 0 aliphatic carbocycles. The van der Waals surface area contributed by atoms with Gasteiger partial charge in [0.25, 0.3) is 0 Å². The van der Waals surface area contributed by atoms with Crippen molar-refractivity contribution in [3.63, 3.8) is 0 Å². The summed E-state index contributed by atoms with van der Waals surface area (Å²) < 4.78 is 5.67. The highest BCUT2D eigenvalue weighted by Crippen LogP contribution is 2.41. The Kier molecular flexibility index (Phi) is 5.08. The number of aliphatic hydroxyl groups is 1. The molecule has 1 aliphatic heterocycles. The van der Waals surface area contributed by atoms with Crippen molar-refractivity contribution < 1.29 is 30.0 Å². The predicted molar refractivity (Wildman–Crippen MR) is 83.0 cm³/mol. The molecule has 0 aromatic heterocycles. The first-order chi connectivity index (χ1) is 11.0. The molecular weight excluding hydrogens is 300 g/mol. The molecule has 1 heterocycles. The Labute approximate surface area is 133 Å². The molecule has 0 spiro atoms. The van der Waals surface area contributed by atoms with Gasteiger partial charge in [-0.1, -0.05) is 12.1 Å². The van der Waals surface area contributed by atoms with Crippen LogP contribution in [0.25, 0.3) is 0 Å². The topological polar surface area (TPSA) is 107 Å². The number of Topliss-reactive ketones (excluding diaryl/α,β-unsaturated/α-hetero) is 1. The van der Waals surface area contributed by atoms with Crippen molar-refractivity contribution in [3.05, 3.63) is 47.5 Å². The quantitative estimate of drug-likeness (QED) is 0.643. The van der Waals surface area contributed by atoms with Crippen molar-refractivity contribution in [2.45, 2.75) is 19.4 Å². The average Bonchev–Trinajstić information content (AvgIpc) is 2.47. The molecule has 0 radical (unpaired) electrons. The summed E-state index contributed by atoms with van der Waals surface area (Å²) in [6, 6.07) is 8.78. The maximum atomic E-state index is 12.1. The Bertz CT molecular complexity index is 693. The molecule has 0 bridgehead atoms. The molecule has 122 valence electrons. The fourth-order valence-electron chi connectivity index (χ4n) is 2.30. The molecule has 4 N–H and O–H groups in total. The van der Waals surface area contributed by atoms with Crippen LogP contribution >= 0.6 is 0 Å². The van der Waals surface area contributed by atoms with E-state index < -0.39 is 6.10 Å². The number of benzene rings is 2. The molecule has 0 amide bonds. The van der Waals surface area contributed by atoms with Crippen LogP contribution in [0.1, 0.15) is 35.4 Å². The van der Waals surface area contributed by atoms with E-state index in [4.69, 9.17) is 9.84 Å². The number of phenols is 3. The van der Waals surface area contributed by atoms with Gasteiger partial charge < -0.3 is 25.2 Å². The van der Waals surface area contributed by atoms with Gasteiger partial charge in [0.05, 0.1) is 6.42 Å². The summed E-state index contributed by atoms with van der Waals surface area (Å²) in [5, 5.41) is 36.0. The number of ether oxygens (including phenoxy) is 1. The lowest BCUT2D eigenvalue weighted by Crippen LogP contribution is -2.20. The molecule has 1 aliphatic rings. The molecule has 0 unspecified atom stereocenters. The van der Waals surface area contributed by atoms with E-state index in [1.165, 1.54) is 18.2 Å². The molecule has 2 aromatic rings. The number of aromatic hydroxyl groups is 3. The molecule has 1 atom stereocenters. The normalized spacial score (nSPS) is 15.9. The zero-order chi connectivity index (χ0) is 17.0. The number of phenolic OH excluding ortho intramolecular Hbond substituents is 3. The minimum atomic E-state index is -0.503. The van der Waals surface area contributed by atoms with Gasteiger partial charge in [-0.2, -0.15) is 0 Å². The Morgan fingerprint density at radius 3 is 2.30 bits per heavy atom. The Morgan fingerprint density at radius 1 is 1.09 bits per heavy atom. The van der Waals surface area contributed by atoms with Gasteiger partial charge >= 0.3 is 0 Å². The van der Waals surface area contributed by atoms with E-state index in [0.29, 0.717) is 0 Å². The molecule has 23 heavy (non-hydrogen) atoms. The minimum absolute atomic E-state index is 0.0934. The lowest BCUT2D eigenvalue weighted by Gasteiger charge is -2.26. The third-order valence-corrected chi connectivity index (χ3v) is 3.25. The van der Waals surface area contributed by atoms with Gasteiger partial charge in [-0.25, -0.2) is 0 Å². The average molecular weight is 318 g/mol. The monoisotopic (exact) mass is 318 g/mol. The van der Waals surface area contributed by atoms with E-state index in [1.54, 1.807) is 19.1 Å². The van der Waals surface area contributed by atoms with Crippen molar-refractivity contribution in [2.75, 3.05) is 6.61 Å². The van der Waals surface area contributed by atoms with E-state index >= 15 is 0 Å². The second-order valence-electron chi connectivity index (χ2n) is 4.98. The van der Waals surface area contributed by atoms with Crippen LogP contribution in [0.5, 0.6) is 23.0 Å². The molecule has 6 heteroatoms. The first kappa shape index (κ1) is 16.6. The number of hydrogen-bond donors (Lipinski definition) is 4. The van der Waals surface area contributed by atoms with Gasteiger partial charge in [0.1, 0.15) is 34.7 Å². The fraction of sp³-hybridized carbons (Fsp3) is 0.235. The van der Waals surface area contributed by atoms with Crippen molar-refractivity contribution in [3.8, 4) is 23.0 Å². The summed E-state index contributed by atoms with van der Waals surface area (Å²) in [4.78, 5) is 12.1. The lowest BCUT2D eigenvalue weighted by atomic mass is 9.95. The van der Waals surface area contributed by atoms with Crippen LogP contribution in [0.2, 0.25) is 0 Å². The zero-order valence-electron chi connectivity index (χ0n) is 12.6. The first-order valence-corrected chi connectivity index (χ1v) is 7.11. The highest BCUT2D eigenvalue weighted by molar-refractivity contribution is 6.02. The Hall–Kier alpha value is -2.73. The van der Waals surface area contributed by atoms with Crippen LogP contribution in [0.3, 0.4) is 0 Å². The van der Waals surface area contributed by atoms with Gasteiger partial charge in [0.2, 0.25) is 0 Å². The largest absolute Gasteiger partial charge is 0.508 e. The SMILES string of the molecule is CCO.O=C1C[C@@H](c2ccc(O)cc2)Oc2cc(O)cc(O)c21. The van der Waals surface area contributed by atoms with Crippen molar-refractivity contribution in [1.82, 2.24) is 0 Å². The van der Waals surface area contributed by atoms with E-state index in [9.17, 15) is 20.1 Å². The number of fused-ring (bicyclic) bond motifs is 1. The third kappa shape index (κ3) is 3.73. The number of aliphatic hydroxyl groups excluding tert-OH is 1. The van der Waals surface area contributed by atoms with Crippen LogP contribution in [-0.4, -0.2) is 32.8 Å². The summed E-state index contributed by atoms with van der Waals surface area (Å²) >= 11 is 0. The van der Waals surface area contributed by atoms with Gasteiger partial charge in [-0.05, 0) is 24.6 Å².